The minimum Gasteiger partial charge on any atom is -0.316 e. The molecule has 0 bridgehead atoms. The molecular formula is C14H15BrN2S. The highest BCUT2D eigenvalue weighted by Crippen LogP contribution is 2.30. The van der Waals surface area contributed by atoms with Gasteiger partial charge in [0.25, 0.3) is 0 Å². The Bertz CT molecular complexity index is 515. The Morgan fingerprint density at radius 1 is 1.28 bits per heavy atom. The van der Waals surface area contributed by atoms with Gasteiger partial charge in [-0.05, 0) is 31.5 Å². The first-order valence-electron chi connectivity index (χ1n) is 6.25. The number of nitrogens with one attached hydrogen (secondary N) is 1. The third kappa shape index (κ3) is 2.66. The second-order valence-electron chi connectivity index (χ2n) is 4.62. The normalized spacial score (nSPS) is 19.9. The number of thiazole rings is 1. The Morgan fingerprint density at radius 2 is 2.11 bits per heavy atom. The molecule has 2 nitrogen and oxygen atoms in total. The van der Waals surface area contributed by atoms with Crippen molar-refractivity contribution in [3.05, 3.63) is 39.1 Å². The van der Waals surface area contributed by atoms with Crippen LogP contribution in [0.2, 0.25) is 0 Å². The molecule has 0 radical (unpaired) electrons. The van der Waals surface area contributed by atoms with Crippen molar-refractivity contribution in [3.63, 3.8) is 0 Å². The molecule has 0 saturated carbocycles. The van der Waals surface area contributed by atoms with E-state index in [1.165, 1.54) is 23.4 Å². The Morgan fingerprint density at radius 3 is 2.83 bits per heavy atom. The number of hydrogen-bond donors (Lipinski definition) is 1. The van der Waals surface area contributed by atoms with Crippen molar-refractivity contribution < 1.29 is 0 Å². The van der Waals surface area contributed by atoms with Crippen LogP contribution in [0.25, 0.3) is 11.3 Å². The maximum Gasteiger partial charge on any atom is 0.0976 e. The highest BCUT2D eigenvalue weighted by Gasteiger charge is 2.18. The molecule has 1 N–H and O–H groups in total. The maximum absolute atomic E-state index is 4.80. The standard InChI is InChI=1S/C14H15BrN2S/c15-12-5-3-10(4-6-12)13-9-18-14(17-13)11-2-1-7-16-8-11/h3-6,9,11,16H,1-2,7-8H2. The third-order valence-corrected chi connectivity index (χ3v) is 4.84. The molecule has 94 valence electrons. The molecule has 18 heavy (non-hydrogen) atoms. The summed E-state index contributed by atoms with van der Waals surface area (Å²) < 4.78 is 1.11. The summed E-state index contributed by atoms with van der Waals surface area (Å²) in [7, 11) is 0. The van der Waals surface area contributed by atoms with Gasteiger partial charge in [0.15, 0.2) is 0 Å². The average molecular weight is 323 g/mol. The number of hydrogen-bond acceptors (Lipinski definition) is 3. The zero-order valence-electron chi connectivity index (χ0n) is 10.0. The van der Waals surface area contributed by atoms with Crippen molar-refractivity contribution in [2.24, 2.45) is 0 Å². The van der Waals surface area contributed by atoms with E-state index in [0.717, 1.165) is 23.3 Å². The van der Waals surface area contributed by atoms with Gasteiger partial charge in [-0.1, -0.05) is 28.1 Å². The maximum atomic E-state index is 4.80. The average Bonchev–Trinajstić information content (AvgIpc) is 2.90. The summed E-state index contributed by atoms with van der Waals surface area (Å²) in [6.07, 6.45) is 2.53. The quantitative estimate of drug-likeness (QED) is 0.902. The fraction of sp³-hybridized carbons (Fsp3) is 0.357. The van der Waals surface area contributed by atoms with Gasteiger partial charge in [-0.15, -0.1) is 11.3 Å². The number of aromatic nitrogens is 1. The van der Waals surface area contributed by atoms with Crippen molar-refractivity contribution in [2.45, 2.75) is 18.8 Å². The molecule has 4 heteroatoms. The van der Waals surface area contributed by atoms with E-state index < -0.39 is 0 Å². The smallest absolute Gasteiger partial charge is 0.0976 e. The van der Waals surface area contributed by atoms with Gasteiger partial charge < -0.3 is 5.32 Å². The Labute approximate surface area is 120 Å². The fourth-order valence-electron chi connectivity index (χ4n) is 2.29. The molecule has 1 aliphatic rings. The molecule has 2 aromatic rings. The fourth-order valence-corrected chi connectivity index (χ4v) is 3.52. The van der Waals surface area contributed by atoms with E-state index in [2.05, 4.69) is 50.9 Å². The first-order chi connectivity index (χ1) is 8.83. The SMILES string of the molecule is Brc1ccc(-c2csc(C3CCCNC3)n2)cc1. The van der Waals surface area contributed by atoms with Crippen molar-refractivity contribution in [1.29, 1.82) is 0 Å². The predicted octanol–water partition coefficient (Wildman–Crippen LogP) is 4.04. The monoisotopic (exact) mass is 322 g/mol. The van der Waals surface area contributed by atoms with Crippen LogP contribution in [0.3, 0.4) is 0 Å². The minimum atomic E-state index is 0.605. The summed E-state index contributed by atoms with van der Waals surface area (Å²) in [5.74, 6) is 0.605. The third-order valence-electron chi connectivity index (χ3n) is 3.31. The summed E-state index contributed by atoms with van der Waals surface area (Å²) in [5, 5.41) is 6.90. The predicted molar refractivity (Wildman–Crippen MR) is 80.1 cm³/mol. The van der Waals surface area contributed by atoms with E-state index in [1.54, 1.807) is 11.3 Å². The molecule has 1 fully saturated rings. The molecule has 1 aromatic heterocycles. The molecule has 1 saturated heterocycles. The molecule has 0 aliphatic carbocycles. The Hall–Kier alpha value is -0.710. The number of halogens is 1. The second kappa shape index (κ2) is 5.51. The molecule has 0 amide bonds. The van der Waals surface area contributed by atoms with Crippen LogP contribution in [0.1, 0.15) is 23.8 Å². The van der Waals surface area contributed by atoms with Crippen molar-refractivity contribution in [2.75, 3.05) is 13.1 Å². The van der Waals surface area contributed by atoms with Crippen LogP contribution in [0.4, 0.5) is 0 Å². The van der Waals surface area contributed by atoms with Gasteiger partial charge in [0.05, 0.1) is 10.7 Å². The van der Waals surface area contributed by atoms with Gasteiger partial charge in [-0.2, -0.15) is 0 Å². The molecular weight excluding hydrogens is 308 g/mol. The number of benzene rings is 1. The van der Waals surface area contributed by atoms with Crippen LogP contribution in [0, 0.1) is 0 Å². The van der Waals surface area contributed by atoms with E-state index in [0.29, 0.717) is 5.92 Å². The van der Waals surface area contributed by atoms with Gasteiger partial charge in [0.1, 0.15) is 0 Å². The summed E-state index contributed by atoms with van der Waals surface area (Å²) >= 11 is 5.25. The molecule has 1 aliphatic heterocycles. The summed E-state index contributed by atoms with van der Waals surface area (Å²) in [6.45, 7) is 2.23. The highest BCUT2D eigenvalue weighted by atomic mass is 79.9. The molecule has 0 spiro atoms. The molecule has 1 atom stereocenters. The highest BCUT2D eigenvalue weighted by molar-refractivity contribution is 9.10. The van der Waals surface area contributed by atoms with Crippen molar-refractivity contribution in [1.82, 2.24) is 10.3 Å². The van der Waals surface area contributed by atoms with Crippen molar-refractivity contribution in [3.8, 4) is 11.3 Å². The topological polar surface area (TPSA) is 24.9 Å². The molecule has 2 heterocycles. The van der Waals surface area contributed by atoms with E-state index in [1.807, 2.05) is 0 Å². The van der Waals surface area contributed by atoms with Gasteiger partial charge in [0.2, 0.25) is 0 Å². The van der Waals surface area contributed by atoms with Crippen LogP contribution in [-0.2, 0) is 0 Å². The van der Waals surface area contributed by atoms with E-state index in [9.17, 15) is 0 Å². The lowest BCUT2D eigenvalue weighted by atomic mass is 10.0. The number of nitrogens with zero attached hydrogens (tertiary/aromatic N) is 1. The lowest BCUT2D eigenvalue weighted by Gasteiger charge is -2.20. The van der Waals surface area contributed by atoms with Gasteiger partial charge in [-0.3, -0.25) is 0 Å². The van der Waals surface area contributed by atoms with Crippen LogP contribution < -0.4 is 5.32 Å². The van der Waals surface area contributed by atoms with Crippen LogP contribution in [-0.4, -0.2) is 18.1 Å². The molecule has 1 aromatic carbocycles. The first kappa shape index (κ1) is 12.3. The Balaban J connectivity index is 1.82. The van der Waals surface area contributed by atoms with Crippen LogP contribution in [0.5, 0.6) is 0 Å². The number of rotatable bonds is 2. The first-order valence-corrected chi connectivity index (χ1v) is 7.92. The van der Waals surface area contributed by atoms with Gasteiger partial charge in [-0.25, -0.2) is 4.98 Å². The lowest BCUT2D eigenvalue weighted by Crippen LogP contribution is -2.28. The minimum absolute atomic E-state index is 0.605. The Kier molecular flexibility index (Phi) is 3.77. The van der Waals surface area contributed by atoms with Crippen LogP contribution >= 0.6 is 27.3 Å². The van der Waals surface area contributed by atoms with E-state index in [-0.39, 0.29) is 0 Å². The summed E-state index contributed by atoms with van der Waals surface area (Å²) in [6, 6.07) is 8.36. The zero-order chi connectivity index (χ0) is 12.4. The molecule has 3 rings (SSSR count). The zero-order valence-corrected chi connectivity index (χ0v) is 12.4. The second-order valence-corrected chi connectivity index (χ2v) is 6.43. The largest absolute Gasteiger partial charge is 0.316 e. The number of piperidine rings is 1. The van der Waals surface area contributed by atoms with Gasteiger partial charge in [0, 0.05) is 27.9 Å². The van der Waals surface area contributed by atoms with Crippen molar-refractivity contribution >= 4 is 27.3 Å². The summed E-state index contributed by atoms with van der Waals surface area (Å²) in [5.41, 5.74) is 2.30. The summed E-state index contributed by atoms with van der Waals surface area (Å²) in [4.78, 5) is 4.80. The molecule has 1 unspecified atom stereocenters. The van der Waals surface area contributed by atoms with Crippen LogP contribution in [0.15, 0.2) is 34.1 Å². The lowest BCUT2D eigenvalue weighted by molar-refractivity contribution is 0.460. The van der Waals surface area contributed by atoms with E-state index >= 15 is 0 Å². The van der Waals surface area contributed by atoms with Gasteiger partial charge >= 0.3 is 0 Å². The van der Waals surface area contributed by atoms with E-state index in [4.69, 9.17) is 4.98 Å².